The molecule has 0 saturated carbocycles. The van der Waals surface area contributed by atoms with Gasteiger partial charge in [-0.3, -0.25) is 14.8 Å². The lowest BCUT2D eigenvalue weighted by atomic mass is 9.91. The molecule has 0 bridgehead atoms. The first kappa shape index (κ1) is 25.6. The van der Waals surface area contributed by atoms with Crippen LogP contribution in [0.3, 0.4) is 0 Å². The average Bonchev–Trinajstić information content (AvgIpc) is 3.36. The second kappa shape index (κ2) is 12.4. The summed E-state index contributed by atoms with van der Waals surface area (Å²) in [7, 11) is 2.14. The van der Waals surface area contributed by atoms with Crippen LogP contribution in [0.4, 0.5) is 0 Å². The third-order valence-electron chi connectivity index (χ3n) is 6.71. The van der Waals surface area contributed by atoms with Crippen molar-refractivity contribution >= 4 is 0 Å². The van der Waals surface area contributed by atoms with Crippen LogP contribution < -0.4 is 5.73 Å². The molecular formula is C26H42N6O. The molecule has 3 heterocycles. The fourth-order valence-electron chi connectivity index (χ4n) is 4.95. The van der Waals surface area contributed by atoms with Crippen molar-refractivity contribution in [3.63, 3.8) is 0 Å². The number of hydrogen-bond donors (Lipinski definition) is 2. The van der Waals surface area contributed by atoms with Crippen LogP contribution in [0.1, 0.15) is 74.0 Å². The van der Waals surface area contributed by atoms with E-state index in [0.29, 0.717) is 12.6 Å². The zero-order chi connectivity index (χ0) is 23.8. The van der Waals surface area contributed by atoms with Crippen molar-refractivity contribution in [1.29, 1.82) is 0 Å². The van der Waals surface area contributed by atoms with Crippen LogP contribution in [-0.2, 0) is 26.2 Å². The van der Waals surface area contributed by atoms with Crippen molar-refractivity contribution in [2.75, 3.05) is 20.1 Å². The van der Waals surface area contributed by atoms with E-state index in [1.165, 1.54) is 17.7 Å². The number of aliphatic hydroxyl groups is 1. The molecule has 2 aromatic heterocycles. The van der Waals surface area contributed by atoms with Gasteiger partial charge in [0, 0.05) is 31.9 Å². The molecule has 182 valence electrons. The summed E-state index contributed by atoms with van der Waals surface area (Å²) in [5.74, 6) is 0.954. The van der Waals surface area contributed by atoms with E-state index in [1.807, 2.05) is 26.1 Å². The highest BCUT2D eigenvalue weighted by Gasteiger charge is 2.27. The molecule has 0 spiro atoms. The van der Waals surface area contributed by atoms with Crippen LogP contribution in [0.15, 0.2) is 30.5 Å². The highest BCUT2D eigenvalue weighted by atomic mass is 16.3. The van der Waals surface area contributed by atoms with Gasteiger partial charge in [-0.2, -0.15) is 0 Å². The number of aliphatic hydroxyl groups excluding tert-OH is 1. The maximum atomic E-state index is 10.1. The molecule has 3 N–H and O–H groups in total. The normalized spacial score (nSPS) is 20.8. The summed E-state index contributed by atoms with van der Waals surface area (Å²) in [5.41, 5.74) is 10.5. The second-order valence-electron chi connectivity index (χ2n) is 9.25. The van der Waals surface area contributed by atoms with Crippen molar-refractivity contribution in [2.24, 2.45) is 5.73 Å². The Balaban J connectivity index is 0.000000555. The fraction of sp³-hybridized carbons (Fsp3) is 0.615. The van der Waals surface area contributed by atoms with Gasteiger partial charge >= 0.3 is 0 Å². The fourth-order valence-corrected chi connectivity index (χ4v) is 4.95. The Morgan fingerprint density at radius 2 is 2.15 bits per heavy atom. The molecule has 2 atom stereocenters. The molecule has 33 heavy (non-hydrogen) atoms. The maximum absolute atomic E-state index is 10.1. The molecule has 0 aromatic carbocycles. The molecule has 2 aromatic rings. The van der Waals surface area contributed by atoms with Crippen LogP contribution in [0.2, 0.25) is 0 Å². The number of aromatic nitrogens is 3. The number of imidazole rings is 1. The predicted octanol–water partition coefficient (Wildman–Crippen LogP) is 3.55. The van der Waals surface area contributed by atoms with Crippen molar-refractivity contribution in [3.05, 3.63) is 59.0 Å². The van der Waals surface area contributed by atoms with Crippen molar-refractivity contribution in [3.8, 4) is 0 Å². The summed E-state index contributed by atoms with van der Waals surface area (Å²) in [6, 6.07) is 4.78. The van der Waals surface area contributed by atoms with E-state index in [4.69, 9.17) is 10.7 Å². The zero-order valence-corrected chi connectivity index (χ0v) is 20.9. The van der Waals surface area contributed by atoms with E-state index in [2.05, 4.69) is 51.5 Å². The first-order valence-corrected chi connectivity index (χ1v) is 12.4. The van der Waals surface area contributed by atoms with Gasteiger partial charge in [0.25, 0.3) is 0 Å². The number of likely N-dealkylation sites (tertiary alicyclic amines) is 1. The second-order valence-corrected chi connectivity index (χ2v) is 9.25. The minimum Gasteiger partial charge on any atom is -0.390 e. The lowest BCUT2D eigenvalue weighted by molar-refractivity contribution is 0.200. The molecule has 7 heteroatoms. The van der Waals surface area contributed by atoms with Crippen LogP contribution in [0.25, 0.3) is 0 Å². The first-order valence-electron chi connectivity index (χ1n) is 12.4. The SMILES string of the molecule is C/C=C\CC.Cc1nc(CN(C)[C@H]2CCCc3cccnc32)c(CO)n1CN1CCC(N)C1. The predicted molar refractivity (Wildman–Crippen MR) is 134 cm³/mol. The van der Waals surface area contributed by atoms with Crippen LogP contribution >= 0.6 is 0 Å². The monoisotopic (exact) mass is 454 g/mol. The van der Waals surface area contributed by atoms with Gasteiger partial charge in [0.1, 0.15) is 5.82 Å². The third kappa shape index (κ3) is 6.51. The lowest BCUT2D eigenvalue weighted by Crippen LogP contribution is -2.30. The Hall–Kier alpha value is -2.06. The quantitative estimate of drug-likeness (QED) is 0.623. The Morgan fingerprint density at radius 3 is 2.79 bits per heavy atom. The minimum atomic E-state index is 0.00338. The highest BCUT2D eigenvalue weighted by Crippen LogP contribution is 2.33. The molecule has 1 fully saturated rings. The van der Waals surface area contributed by atoms with Crippen LogP contribution in [-0.4, -0.2) is 55.6 Å². The Kier molecular flexibility index (Phi) is 9.62. The van der Waals surface area contributed by atoms with Crippen molar-refractivity contribution < 1.29 is 5.11 Å². The molecule has 1 saturated heterocycles. The van der Waals surface area contributed by atoms with Gasteiger partial charge < -0.3 is 15.4 Å². The Morgan fingerprint density at radius 1 is 1.33 bits per heavy atom. The summed E-state index contributed by atoms with van der Waals surface area (Å²) in [6.07, 6.45) is 11.7. The molecule has 4 rings (SSSR count). The molecule has 1 aliphatic heterocycles. The van der Waals surface area contributed by atoms with E-state index in [-0.39, 0.29) is 12.6 Å². The van der Waals surface area contributed by atoms with E-state index in [0.717, 1.165) is 62.7 Å². The first-order chi connectivity index (χ1) is 16.0. The summed E-state index contributed by atoms with van der Waals surface area (Å²) in [6.45, 7) is 9.55. The number of nitrogens with zero attached hydrogens (tertiary/aromatic N) is 5. The Bertz CT molecular complexity index is 908. The van der Waals surface area contributed by atoms with Gasteiger partial charge in [0.05, 0.1) is 36.4 Å². The summed E-state index contributed by atoms with van der Waals surface area (Å²) in [4.78, 5) is 14.2. The number of allylic oxidation sites excluding steroid dienone is 2. The van der Waals surface area contributed by atoms with E-state index >= 15 is 0 Å². The molecule has 0 radical (unpaired) electrons. The van der Waals surface area contributed by atoms with Crippen LogP contribution in [0.5, 0.6) is 0 Å². The summed E-state index contributed by atoms with van der Waals surface area (Å²) >= 11 is 0. The van der Waals surface area contributed by atoms with Crippen molar-refractivity contribution in [1.82, 2.24) is 24.3 Å². The van der Waals surface area contributed by atoms with Crippen molar-refractivity contribution in [2.45, 2.75) is 84.8 Å². The van der Waals surface area contributed by atoms with Gasteiger partial charge in [-0.05, 0) is 64.6 Å². The van der Waals surface area contributed by atoms with Gasteiger partial charge in [-0.1, -0.05) is 25.1 Å². The molecule has 2 aliphatic rings. The number of fused-ring (bicyclic) bond motifs is 1. The zero-order valence-electron chi connectivity index (χ0n) is 20.9. The lowest BCUT2D eigenvalue weighted by Gasteiger charge is -2.32. The smallest absolute Gasteiger partial charge is 0.107 e. The summed E-state index contributed by atoms with van der Waals surface area (Å²) in [5, 5.41) is 10.1. The number of hydrogen-bond acceptors (Lipinski definition) is 6. The number of rotatable bonds is 7. The van der Waals surface area contributed by atoms with Gasteiger partial charge in [0.2, 0.25) is 0 Å². The van der Waals surface area contributed by atoms with Crippen LogP contribution in [0, 0.1) is 6.92 Å². The topological polar surface area (TPSA) is 83.4 Å². The average molecular weight is 455 g/mol. The maximum Gasteiger partial charge on any atom is 0.107 e. The molecule has 0 amide bonds. The number of pyridine rings is 1. The van der Waals surface area contributed by atoms with Gasteiger partial charge in [-0.15, -0.1) is 0 Å². The minimum absolute atomic E-state index is 0.00338. The highest BCUT2D eigenvalue weighted by molar-refractivity contribution is 5.26. The standard InChI is InChI=1S/C21H32N6O.C5H10/c1-15-24-18(20(13-28)27(15)14-26-10-8-17(22)11-26)12-25(2)19-7-3-5-16-6-4-9-23-21(16)19;1-3-5-4-2/h4,6,9,17,19,28H,3,5,7-8,10-14,22H2,1-2H3;3,5H,4H2,1-2H3/b;5-3-/t17?,19-;/m0./s1. The summed E-state index contributed by atoms with van der Waals surface area (Å²) < 4.78 is 2.15. The molecule has 1 unspecified atom stereocenters. The van der Waals surface area contributed by atoms with E-state index < -0.39 is 0 Å². The van der Waals surface area contributed by atoms with E-state index in [9.17, 15) is 5.11 Å². The molecule has 1 aliphatic carbocycles. The van der Waals surface area contributed by atoms with Gasteiger partial charge in [0.15, 0.2) is 0 Å². The van der Waals surface area contributed by atoms with Gasteiger partial charge in [-0.25, -0.2) is 4.98 Å². The number of aryl methyl sites for hydroxylation is 2. The largest absolute Gasteiger partial charge is 0.390 e. The Labute approximate surface area is 199 Å². The third-order valence-corrected chi connectivity index (χ3v) is 6.71. The molecular weight excluding hydrogens is 412 g/mol. The molecule has 7 nitrogen and oxygen atoms in total. The van der Waals surface area contributed by atoms with E-state index in [1.54, 1.807) is 0 Å². The number of nitrogens with two attached hydrogens (primary N) is 1.